The van der Waals surface area contributed by atoms with Crippen molar-refractivity contribution in [2.75, 3.05) is 46.2 Å². The van der Waals surface area contributed by atoms with Gasteiger partial charge in [0.15, 0.2) is 0 Å². The minimum atomic E-state index is -0.320. The Labute approximate surface area is 177 Å². The predicted molar refractivity (Wildman–Crippen MR) is 114 cm³/mol. The van der Waals surface area contributed by atoms with Crippen molar-refractivity contribution in [3.8, 4) is 22.6 Å². The molecule has 2 heterocycles. The van der Waals surface area contributed by atoms with E-state index in [9.17, 15) is 4.39 Å². The number of hydrogen-bond donors (Lipinski definition) is 1. The highest BCUT2D eigenvalue weighted by molar-refractivity contribution is 5.66. The van der Waals surface area contributed by atoms with Crippen molar-refractivity contribution < 1.29 is 23.3 Å². The molecule has 2 aromatic carbocycles. The smallest absolute Gasteiger partial charge is 0.127 e. The molecule has 0 amide bonds. The van der Waals surface area contributed by atoms with Gasteiger partial charge in [0.05, 0.1) is 33.0 Å². The van der Waals surface area contributed by atoms with Gasteiger partial charge in [-0.2, -0.15) is 0 Å². The summed E-state index contributed by atoms with van der Waals surface area (Å²) in [6.45, 7) is 4.59. The lowest BCUT2D eigenvalue weighted by Gasteiger charge is -2.23. The van der Waals surface area contributed by atoms with Gasteiger partial charge in [-0.25, -0.2) is 4.39 Å². The molecule has 2 fully saturated rings. The van der Waals surface area contributed by atoms with Crippen molar-refractivity contribution in [2.45, 2.75) is 25.3 Å². The van der Waals surface area contributed by atoms with Crippen LogP contribution < -0.4 is 14.8 Å². The van der Waals surface area contributed by atoms with Crippen LogP contribution in [0.15, 0.2) is 42.5 Å². The SMILES string of the molecule is Fc1cc(OCC2COCCOC2)cc(-c2ccc(OCC3CCCCN3)cc2)c1. The normalized spacial score (nSPS) is 20.5. The van der Waals surface area contributed by atoms with Gasteiger partial charge in [-0.15, -0.1) is 0 Å². The van der Waals surface area contributed by atoms with Gasteiger partial charge in [0, 0.05) is 18.0 Å². The Morgan fingerprint density at radius 3 is 2.37 bits per heavy atom. The first-order valence-corrected chi connectivity index (χ1v) is 10.8. The van der Waals surface area contributed by atoms with Crippen LogP contribution in [-0.2, 0) is 9.47 Å². The van der Waals surface area contributed by atoms with E-state index in [0.717, 1.165) is 29.8 Å². The van der Waals surface area contributed by atoms with Gasteiger partial charge in [0.2, 0.25) is 0 Å². The summed E-state index contributed by atoms with van der Waals surface area (Å²) in [5.74, 6) is 1.17. The number of hydrogen-bond acceptors (Lipinski definition) is 5. The summed E-state index contributed by atoms with van der Waals surface area (Å²) in [5.41, 5.74) is 1.70. The summed E-state index contributed by atoms with van der Waals surface area (Å²) in [5, 5.41) is 3.48. The van der Waals surface area contributed by atoms with Gasteiger partial charge in [-0.1, -0.05) is 18.6 Å². The number of ether oxygens (including phenoxy) is 4. The lowest BCUT2D eigenvalue weighted by Crippen LogP contribution is -2.38. The first-order chi connectivity index (χ1) is 14.8. The average Bonchev–Trinajstić information content (AvgIpc) is 3.06. The van der Waals surface area contributed by atoms with E-state index in [1.165, 1.54) is 25.0 Å². The molecule has 2 aliphatic heterocycles. The Morgan fingerprint density at radius 1 is 0.867 bits per heavy atom. The summed E-state index contributed by atoms with van der Waals surface area (Å²) in [4.78, 5) is 0. The maximum Gasteiger partial charge on any atom is 0.127 e. The zero-order valence-electron chi connectivity index (χ0n) is 17.3. The highest BCUT2D eigenvalue weighted by Gasteiger charge is 2.15. The van der Waals surface area contributed by atoms with E-state index in [4.69, 9.17) is 18.9 Å². The molecule has 1 unspecified atom stereocenters. The maximum absolute atomic E-state index is 14.2. The topological polar surface area (TPSA) is 49.0 Å². The number of benzene rings is 2. The molecule has 0 aromatic heterocycles. The zero-order valence-corrected chi connectivity index (χ0v) is 17.3. The van der Waals surface area contributed by atoms with Gasteiger partial charge < -0.3 is 24.3 Å². The molecule has 2 saturated heterocycles. The molecule has 0 saturated carbocycles. The first kappa shape index (κ1) is 21.1. The Balaban J connectivity index is 1.35. The van der Waals surface area contributed by atoms with Crippen LogP contribution in [0.4, 0.5) is 4.39 Å². The van der Waals surface area contributed by atoms with E-state index < -0.39 is 0 Å². The third-order valence-corrected chi connectivity index (χ3v) is 5.49. The van der Waals surface area contributed by atoms with Crippen LogP contribution >= 0.6 is 0 Å². The molecule has 30 heavy (non-hydrogen) atoms. The second-order valence-corrected chi connectivity index (χ2v) is 7.98. The molecule has 2 aliphatic rings. The molecule has 4 rings (SSSR count). The van der Waals surface area contributed by atoms with Crippen LogP contribution in [0.25, 0.3) is 11.1 Å². The van der Waals surface area contributed by atoms with E-state index in [2.05, 4.69) is 5.32 Å². The maximum atomic E-state index is 14.2. The predicted octanol–water partition coefficient (Wildman–Crippen LogP) is 4.06. The van der Waals surface area contributed by atoms with Crippen molar-refractivity contribution >= 4 is 0 Å². The van der Waals surface area contributed by atoms with Gasteiger partial charge in [-0.05, 0) is 54.8 Å². The number of rotatable bonds is 7. The van der Waals surface area contributed by atoms with E-state index >= 15 is 0 Å². The van der Waals surface area contributed by atoms with Crippen molar-refractivity contribution in [3.05, 3.63) is 48.3 Å². The number of nitrogens with one attached hydrogen (secondary N) is 1. The van der Waals surface area contributed by atoms with Gasteiger partial charge >= 0.3 is 0 Å². The third-order valence-electron chi connectivity index (χ3n) is 5.49. The molecule has 162 valence electrons. The molecule has 0 radical (unpaired) electrons. The molecule has 0 spiro atoms. The Hall–Kier alpha value is -2.15. The van der Waals surface area contributed by atoms with Crippen LogP contribution in [0.3, 0.4) is 0 Å². The fraction of sp³-hybridized carbons (Fsp3) is 0.500. The standard InChI is InChI=1S/C24H30FNO4/c25-21-11-20(12-24(13-21)29-16-18-14-27-9-10-28-15-18)19-4-6-23(7-5-19)30-17-22-3-1-2-8-26-22/h4-7,11-13,18,22,26H,1-3,8-10,14-17H2. The lowest BCUT2D eigenvalue weighted by atomic mass is 10.0. The molecule has 2 aromatic rings. The monoisotopic (exact) mass is 415 g/mol. The van der Waals surface area contributed by atoms with E-state index in [-0.39, 0.29) is 11.7 Å². The van der Waals surface area contributed by atoms with Crippen LogP contribution in [0, 0.1) is 11.7 Å². The summed E-state index contributed by atoms with van der Waals surface area (Å²) in [6, 6.07) is 13.0. The van der Waals surface area contributed by atoms with Crippen LogP contribution in [0.2, 0.25) is 0 Å². The number of halogens is 1. The van der Waals surface area contributed by atoms with Crippen molar-refractivity contribution in [1.29, 1.82) is 0 Å². The fourth-order valence-electron chi connectivity index (χ4n) is 3.80. The second-order valence-electron chi connectivity index (χ2n) is 7.98. The van der Waals surface area contributed by atoms with Crippen molar-refractivity contribution in [2.24, 2.45) is 5.92 Å². The molecule has 1 atom stereocenters. The molecule has 0 aliphatic carbocycles. The average molecular weight is 416 g/mol. The quantitative estimate of drug-likeness (QED) is 0.739. The Kier molecular flexibility index (Phi) is 7.56. The Morgan fingerprint density at radius 2 is 1.63 bits per heavy atom. The van der Waals surface area contributed by atoms with Gasteiger partial charge in [-0.3, -0.25) is 0 Å². The molecule has 6 heteroatoms. The summed E-state index contributed by atoms with van der Waals surface area (Å²) < 4.78 is 36.9. The first-order valence-electron chi connectivity index (χ1n) is 10.8. The highest BCUT2D eigenvalue weighted by atomic mass is 19.1. The molecule has 0 bridgehead atoms. The highest BCUT2D eigenvalue weighted by Crippen LogP contribution is 2.28. The minimum absolute atomic E-state index is 0.148. The van der Waals surface area contributed by atoms with E-state index in [1.807, 2.05) is 30.3 Å². The second kappa shape index (κ2) is 10.8. The van der Waals surface area contributed by atoms with E-state index in [0.29, 0.717) is 51.4 Å². The molecular weight excluding hydrogens is 385 g/mol. The van der Waals surface area contributed by atoms with Gasteiger partial charge in [0.25, 0.3) is 0 Å². The van der Waals surface area contributed by atoms with Crippen molar-refractivity contribution in [1.82, 2.24) is 5.32 Å². The Bertz CT molecular complexity index is 784. The van der Waals surface area contributed by atoms with Crippen LogP contribution in [0.5, 0.6) is 11.5 Å². The molecular formula is C24H30FNO4. The van der Waals surface area contributed by atoms with Crippen molar-refractivity contribution in [3.63, 3.8) is 0 Å². The van der Waals surface area contributed by atoms with Crippen LogP contribution in [0.1, 0.15) is 19.3 Å². The number of piperidine rings is 1. The summed E-state index contributed by atoms with van der Waals surface area (Å²) >= 11 is 0. The zero-order chi connectivity index (χ0) is 20.6. The lowest BCUT2D eigenvalue weighted by molar-refractivity contribution is 0.101. The van der Waals surface area contributed by atoms with Gasteiger partial charge in [0.1, 0.15) is 23.9 Å². The molecule has 1 N–H and O–H groups in total. The minimum Gasteiger partial charge on any atom is -0.493 e. The molecule has 5 nitrogen and oxygen atoms in total. The largest absolute Gasteiger partial charge is 0.493 e. The summed E-state index contributed by atoms with van der Waals surface area (Å²) in [7, 11) is 0. The van der Waals surface area contributed by atoms with E-state index in [1.54, 1.807) is 0 Å². The summed E-state index contributed by atoms with van der Waals surface area (Å²) in [6.07, 6.45) is 3.65. The fourth-order valence-corrected chi connectivity index (χ4v) is 3.80. The third kappa shape index (κ3) is 6.17. The van der Waals surface area contributed by atoms with Crippen LogP contribution in [-0.4, -0.2) is 52.2 Å².